The van der Waals surface area contributed by atoms with Crippen LogP contribution in [-0.2, 0) is 9.59 Å². The van der Waals surface area contributed by atoms with Crippen molar-refractivity contribution in [3.63, 3.8) is 0 Å². The summed E-state index contributed by atoms with van der Waals surface area (Å²) < 4.78 is 0. The minimum Gasteiger partial charge on any atom is -0.481 e. The van der Waals surface area contributed by atoms with Crippen LogP contribution >= 0.6 is 0 Å². The fourth-order valence-corrected chi connectivity index (χ4v) is 4.65. The lowest BCUT2D eigenvalue weighted by Crippen LogP contribution is -2.39. The lowest BCUT2D eigenvalue weighted by atomic mass is 10.0. The highest BCUT2D eigenvalue weighted by atomic mass is 16.4. The van der Waals surface area contributed by atoms with E-state index in [9.17, 15) is 14.7 Å². The smallest absolute Gasteiger partial charge is 0.304 e. The zero-order chi connectivity index (χ0) is 24.6. The summed E-state index contributed by atoms with van der Waals surface area (Å²) in [7, 11) is 0. The third-order valence-corrected chi connectivity index (χ3v) is 6.73. The van der Waals surface area contributed by atoms with Gasteiger partial charge in [-0.05, 0) is 19.4 Å². The lowest BCUT2D eigenvalue weighted by Gasteiger charge is -2.30. The Hall–Kier alpha value is -1.10. The van der Waals surface area contributed by atoms with E-state index in [0.717, 1.165) is 38.6 Å². The van der Waals surface area contributed by atoms with Crippen molar-refractivity contribution in [3.05, 3.63) is 0 Å². The van der Waals surface area contributed by atoms with Crippen molar-refractivity contribution in [1.82, 2.24) is 4.90 Å². The summed E-state index contributed by atoms with van der Waals surface area (Å²) >= 11 is 0. The third kappa shape index (κ3) is 22.5. The normalized spacial score (nSPS) is 12.3. The van der Waals surface area contributed by atoms with Crippen molar-refractivity contribution in [2.75, 3.05) is 13.1 Å². The number of nitrogens with zero attached hydrogens (tertiary/aromatic N) is 1. The van der Waals surface area contributed by atoms with Crippen LogP contribution in [0.15, 0.2) is 0 Å². The number of aliphatic carboxylic acids is 2. The van der Waals surface area contributed by atoms with Crippen molar-refractivity contribution < 1.29 is 19.8 Å². The highest BCUT2D eigenvalue weighted by Crippen LogP contribution is 2.18. The van der Waals surface area contributed by atoms with Crippen LogP contribution in [0.2, 0.25) is 0 Å². The minimum atomic E-state index is -0.802. The van der Waals surface area contributed by atoms with Gasteiger partial charge in [0.25, 0.3) is 0 Å². The van der Waals surface area contributed by atoms with Gasteiger partial charge in [-0.3, -0.25) is 14.5 Å². The first-order valence-electron chi connectivity index (χ1n) is 14.2. The SMILES string of the molecule is CCCCCCCCCCCCN(CCC(=O)O)C(CCCCCCCCCC)CC(=O)O. The fraction of sp³-hybridized carbons (Fsp3) is 0.929. The van der Waals surface area contributed by atoms with Gasteiger partial charge in [0.1, 0.15) is 0 Å². The lowest BCUT2D eigenvalue weighted by molar-refractivity contribution is -0.138. The molecule has 5 heteroatoms. The van der Waals surface area contributed by atoms with E-state index in [1.165, 1.54) is 89.9 Å². The Bertz CT molecular complexity index is 455. The van der Waals surface area contributed by atoms with Gasteiger partial charge in [0, 0.05) is 12.6 Å². The summed E-state index contributed by atoms with van der Waals surface area (Å²) in [5, 5.41) is 18.6. The molecule has 0 aromatic carbocycles. The molecule has 196 valence electrons. The van der Waals surface area contributed by atoms with Gasteiger partial charge in [0.05, 0.1) is 12.8 Å². The van der Waals surface area contributed by atoms with Crippen LogP contribution in [-0.4, -0.2) is 46.2 Å². The van der Waals surface area contributed by atoms with Crippen LogP contribution in [0.1, 0.15) is 149 Å². The zero-order valence-electron chi connectivity index (χ0n) is 22.0. The van der Waals surface area contributed by atoms with Crippen molar-refractivity contribution >= 4 is 11.9 Å². The zero-order valence-corrected chi connectivity index (χ0v) is 22.0. The van der Waals surface area contributed by atoms with Crippen LogP contribution in [0.25, 0.3) is 0 Å². The number of unbranched alkanes of at least 4 members (excludes halogenated alkanes) is 16. The molecule has 33 heavy (non-hydrogen) atoms. The molecule has 0 saturated heterocycles. The Balaban J connectivity index is 4.32. The van der Waals surface area contributed by atoms with E-state index in [2.05, 4.69) is 18.7 Å². The van der Waals surface area contributed by atoms with E-state index in [1.807, 2.05) is 0 Å². The van der Waals surface area contributed by atoms with Crippen LogP contribution in [0.5, 0.6) is 0 Å². The molecule has 0 aromatic heterocycles. The highest BCUT2D eigenvalue weighted by molar-refractivity contribution is 5.68. The molecular formula is C28H55NO4. The van der Waals surface area contributed by atoms with E-state index in [0.29, 0.717) is 6.54 Å². The van der Waals surface area contributed by atoms with E-state index in [1.54, 1.807) is 0 Å². The first-order valence-corrected chi connectivity index (χ1v) is 14.2. The second-order valence-electron chi connectivity index (χ2n) is 9.88. The van der Waals surface area contributed by atoms with E-state index in [-0.39, 0.29) is 18.9 Å². The molecule has 0 rings (SSSR count). The van der Waals surface area contributed by atoms with Crippen LogP contribution in [0.4, 0.5) is 0 Å². The van der Waals surface area contributed by atoms with Gasteiger partial charge >= 0.3 is 11.9 Å². The molecular weight excluding hydrogens is 414 g/mol. The summed E-state index contributed by atoms with van der Waals surface area (Å²) in [6.45, 7) is 5.76. The predicted octanol–water partition coefficient (Wildman–Crippen LogP) is 8.06. The number of hydrogen-bond donors (Lipinski definition) is 2. The van der Waals surface area contributed by atoms with E-state index >= 15 is 0 Å². The van der Waals surface area contributed by atoms with E-state index < -0.39 is 11.9 Å². The Morgan fingerprint density at radius 3 is 1.42 bits per heavy atom. The highest BCUT2D eigenvalue weighted by Gasteiger charge is 2.21. The summed E-state index contributed by atoms with van der Waals surface area (Å²) in [6, 6.07) is -0.0412. The van der Waals surface area contributed by atoms with Crippen molar-refractivity contribution in [3.8, 4) is 0 Å². The van der Waals surface area contributed by atoms with E-state index in [4.69, 9.17) is 5.11 Å². The Kier molecular flexibility index (Phi) is 23.2. The standard InChI is InChI=1S/C28H55NO4/c1-3-5-7-9-11-13-14-16-18-20-23-29(24-22-27(30)31)26(25-28(32)33)21-19-17-15-12-10-8-6-4-2/h26H,3-25H2,1-2H3,(H,30,31)(H,32,33). The molecule has 0 radical (unpaired) electrons. The molecule has 1 unspecified atom stereocenters. The van der Waals surface area contributed by atoms with Gasteiger partial charge in [-0.1, -0.05) is 123 Å². The van der Waals surface area contributed by atoms with Crippen LogP contribution in [0.3, 0.4) is 0 Å². The molecule has 0 fully saturated rings. The number of rotatable bonds is 26. The first-order chi connectivity index (χ1) is 16.0. The van der Waals surface area contributed by atoms with Crippen molar-refractivity contribution in [2.45, 2.75) is 155 Å². The molecule has 0 saturated carbocycles. The molecule has 0 bridgehead atoms. The summed E-state index contributed by atoms with van der Waals surface area (Å²) in [6.07, 6.45) is 23.6. The van der Waals surface area contributed by atoms with Crippen LogP contribution in [0, 0.1) is 0 Å². The third-order valence-electron chi connectivity index (χ3n) is 6.73. The molecule has 0 heterocycles. The molecule has 0 aliphatic rings. The summed E-state index contributed by atoms with van der Waals surface area (Å²) in [5.74, 6) is -1.58. The maximum absolute atomic E-state index is 11.5. The van der Waals surface area contributed by atoms with Gasteiger partial charge in [-0.25, -0.2) is 0 Å². The maximum atomic E-state index is 11.5. The van der Waals surface area contributed by atoms with Crippen LogP contribution < -0.4 is 0 Å². The molecule has 0 aliphatic carbocycles. The number of hydrogen-bond acceptors (Lipinski definition) is 3. The topological polar surface area (TPSA) is 77.8 Å². The molecule has 5 nitrogen and oxygen atoms in total. The van der Waals surface area contributed by atoms with Gasteiger partial charge in [0.15, 0.2) is 0 Å². The average Bonchev–Trinajstić information content (AvgIpc) is 2.77. The molecule has 1 atom stereocenters. The molecule has 0 aromatic rings. The Labute approximate surface area is 204 Å². The average molecular weight is 470 g/mol. The Morgan fingerprint density at radius 1 is 0.576 bits per heavy atom. The van der Waals surface area contributed by atoms with Crippen molar-refractivity contribution in [1.29, 1.82) is 0 Å². The number of carboxylic acid groups (broad SMARTS) is 2. The number of carboxylic acids is 2. The van der Waals surface area contributed by atoms with Gasteiger partial charge in [-0.15, -0.1) is 0 Å². The first kappa shape index (κ1) is 31.9. The predicted molar refractivity (Wildman–Crippen MR) is 139 cm³/mol. The second kappa shape index (κ2) is 24.0. The van der Waals surface area contributed by atoms with Crippen molar-refractivity contribution in [2.24, 2.45) is 0 Å². The molecule has 2 N–H and O–H groups in total. The fourth-order valence-electron chi connectivity index (χ4n) is 4.65. The summed E-state index contributed by atoms with van der Waals surface area (Å²) in [4.78, 5) is 24.8. The summed E-state index contributed by atoms with van der Waals surface area (Å²) in [5.41, 5.74) is 0. The van der Waals surface area contributed by atoms with Gasteiger partial charge in [-0.2, -0.15) is 0 Å². The molecule has 0 spiro atoms. The largest absolute Gasteiger partial charge is 0.481 e. The quantitative estimate of drug-likeness (QED) is 0.125. The molecule has 0 amide bonds. The maximum Gasteiger partial charge on any atom is 0.304 e. The van der Waals surface area contributed by atoms with Gasteiger partial charge in [0.2, 0.25) is 0 Å². The molecule has 0 aliphatic heterocycles. The number of carbonyl (C=O) groups is 2. The van der Waals surface area contributed by atoms with Gasteiger partial charge < -0.3 is 10.2 Å². The minimum absolute atomic E-state index is 0.0412. The monoisotopic (exact) mass is 469 g/mol. The Morgan fingerprint density at radius 2 is 1.00 bits per heavy atom. The second-order valence-corrected chi connectivity index (χ2v) is 9.88.